The summed E-state index contributed by atoms with van der Waals surface area (Å²) in [5, 5.41) is 42.0. The number of hydrogen-bond acceptors (Lipinski definition) is 4. The Kier molecular flexibility index (Phi) is 12.6. The van der Waals surface area contributed by atoms with Crippen molar-refractivity contribution in [1.82, 2.24) is 0 Å². The van der Waals surface area contributed by atoms with Crippen LogP contribution in [0.2, 0.25) is 0 Å². The Hall–Kier alpha value is -0.650. The second-order valence-corrected chi connectivity index (χ2v) is 23.5. The van der Waals surface area contributed by atoms with Gasteiger partial charge in [0.25, 0.3) is 0 Å². The van der Waals surface area contributed by atoms with Crippen LogP contribution in [0.25, 0.3) is 0 Å². The summed E-state index contributed by atoms with van der Waals surface area (Å²) in [5.41, 5.74) is 1.14. The molecule has 0 heterocycles. The lowest BCUT2D eigenvalue weighted by Crippen LogP contribution is -2.62. The van der Waals surface area contributed by atoms with E-state index in [1.165, 1.54) is 44.9 Å². The van der Waals surface area contributed by atoms with Crippen LogP contribution in [0.5, 0.6) is 0 Å². The van der Waals surface area contributed by atoms with Crippen molar-refractivity contribution in [3.05, 3.63) is 0 Å². The summed E-state index contributed by atoms with van der Waals surface area (Å²) in [4.78, 5) is 11.1. The van der Waals surface area contributed by atoms with Gasteiger partial charge in [-0.25, -0.2) is 0 Å². The van der Waals surface area contributed by atoms with Crippen molar-refractivity contribution in [2.75, 3.05) is 0 Å². The summed E-state index contributed by atoms with van der Waals surface area (Å²) in [5.74, 6) is 9.79. The molecular formula is C50H88O5. The summed E-state index contributed by atoms with van der Waals surface area (Å²) in [7, 11) is 0. The molecule has 8 fully saturated rings. The van der Waals surface area contributed by atoms with Crippen LogP contribution in [-0.4, -0.2) is 44.7 Å². The molecule has 0 aromatic rings. The lowest BCUT2D eigenvalue weighted by molar-refractivity contribution is -0.207. The zero-order valence-corrected chi connectivity index (χ0v) is 36.4. The predicted octanol–water partition coefficient (Wildman–Crippen LogP) is 11.5. The largest absolute Gasteiger partial charge is 0.481 e. The average molecular weight is 769 g/mol. The van der Waals surface area contributed by atoms with Gasteiger partial charge in [0.1, 0.15) is 0 Å². The summed E-state index contributed by atoms with van der Waals surface area (Å²) < 4.78 is 0. The van der Waals surface area contributed by atoms with E-state index in [0.717, 1.165) is 98.2 Å². The Labute approximate surface area is 338 Å². The van der Waals surface area contributed by atoms with Crippen LogP contribution >= 0.6 is 0 Å². The van der Waals surface area contributed by atoms with Gasteiger partial charge in [0.15, 0.2) is 0 Å². The van der Waals surface area contributed by atoms with Crippen LogP contribution in [0, 0.1) is 110 Å². The van der Waals surface area contributed by atoms with E-state index in [1.807, 2.05) is 0 Å². The van der Waals surface area contributed by atoms with Gasteiger partial charge >= 0.3 is 5.97 Å². The summed E-state index contributed by atoms with van der Waals surface area (Å²) in [6.07, 6.45) is 16.7. The minimum Gasteiger partial charge on any atom is -0.481 e. The molecule has 8 saturated carbocycles. The average Bonchev–Trinajstić information content (AvgIpc) is 3.65. The second kappa shape index (κ2) is 15.7. The molecule has 0 amide bonds. The molecule has 4 N–H and O–H groups in total. The molecule has 0 bridgehead atoms. The fraction of sp³-hybridized carbons (Fsp3) is 0.980. The van der Waals surface area contributed by atoms with Crippen molar-refractivity contribution in [1.29, 1.82) is 0 Å². The van der Waals surface area contributed by atoms with Gasteiger partial charge in [0, 0.05) is 6.42 Å². The Bertz CT molecular complexity index is 1350. The van der Waals surface area contributed by atoms with E-state index in [-0.39, 0.29) is 48.7 Å². The van der Waals surface area contributed by atoms with E-state index < -0.39 is 12.1 Å². The van der Waals surface area contributed by atoms with Crippen molar-refractivity contribution >= 4 is 5.97 Å². The van der Waals surface area contributed by atoms with Crippen molar-refractivity contribution in [3.63, 3.8) is 0 Å². The number of carbonyl (C=O) groups is 1. The number of hydrogen-bond donors (Lipinski definition) is 4. The second-order valence-electron chi connectivity index (χ2n) is 23.5. The highest BCUT2D eigenvalue weighted by Crippen LogP contribution is 2.72. The first-order valence-corrected chi connectivity index (χ1v) is 23.5. The molecule has 8 aliphatic carbocycles. The topological polar surface area (TPSA) is 98.0 Å². The van der Waals surface area contributed by atoms with Crippen molar-refractivity contribution in [3.8, 4) is 0 Å². The molecule has 21 atom stereocenters. The van der Waals surface area contributed by atoms with Gasteiger partial charge in [-0.15, -0.1) is 0 Å². The maximum atomic E-state index is 11.5. The SMILES string of the molecule is C.CC(C)[C@H]1CC[C@H]2[C@@H]3[C@H](C)C[C@@H]4C[C@H](C)CC[C@]4(C)[C@H]3C[C@H](C)[C@]12C.C[C@H](CCC(=O)O)[C@H]1CC[C@H]2[C@@H]3[C@H](O)C[C@@H]4C[C@H](O)CC[C@]4(C)[C@H]3C[C@H](O)[C@]12C. The normalized spacial score (nSPS) is 54.5. The van der Waals surface area contributed by atoms with Gasteiger partial charge in [-0.3, -0.25) is 4.79 Å². The van der Waals surface area contributed by atoms with Crippen LogP contribution in [0.3, 0.4) is 0 Å². The zero-order chi connectivity index (χ0) is 39.3. The van der Waals surface area contributed by atoms with Crippen LogP contribution in [0.4, 0.5) is 0 Å². The Morgan fingerprint density at radius 1 is 0.655 bits per heavy atom. The third kappa shape index (κ3) is 6.94. The number of aliphatic hydroxyl groups excluding tert-OH is 3. The van der Waals surface area contributed by atoms with Crippen LogP contribution in [0.1, 0.15) is 179 Å². The first-order chi connectivity index (χ1) is 25.3. The van der Waals surface area contributed by atoms with E-state index in [4.69, 9.17) is 5.11 Å². The van der Waals surface area contributed by atoms with Crippen LogP contribution < -0.4 is 0 Å². The maximum absolute atomic E-state index is 11.5. The third-order valence-corrected chi connectivity index (χ3v) is 21.1. The van der Waals surface area contributed by atoms with Gasteiger partial charge in [-0.1, -0.05) is 83.1 Å². The van der Waals surface area contributed by atoms with Crippen LogP contribution in [-0.2, 0) is 4.79 Å². The molecule has 8 rings (SSSR count). The number of aliphatic hydroxyl groups is 3. The van der Waals surface area contributed by atoms with E-state index >= 15 is 0 Å². The Morgan fingerprint density at radius 2 is 1.24 bits per heavy atom. The molecule has 5 nitrogen and oxygen atoms in total. The molecule has 55 heavy (non-hydrogen) atoms. The number of aliphatic carboxylic acids is 1. The van der Waals surface area contributed by atoms with Gasteiger partial charge in [-0.2, -0.15) is 0 Å². The smallest absolute Gasteiger partial charge is 0.303 e. The molecule has 8 aliphatic rings. The van der Waals surface area contributed by atoms with Gasteiger partial charge in [0.2, 0.25) is 0 Å². The lowest BCUT2D eigenvalue weighted by atomic mass is 9.40. The lowest BCUT2D eigenvalue weighted by Gasteiger charge is -2.65. The first kappa shape index (κ1) is 43.9. The highest BCUT2D eigenvalue weighted by molar-refractivity contribution is 5.66. The monoisotopic (exact) mass is 769 g/mol. The van der Waals surface area contributed by atoms with Crippen LogP contribution in [0.15, 0.2) is 0 Å². The molecule has 0 saturated heterocycles. The molecule has 0 aromatic carbocycles. The van der Waals surface area contributed by atoms with E-state index in [9.17, 15) is 20.1 Å². The molecule has 0 aromatic heterocycles. The fourth-order valence-electron chi connectivity index (χ4n) is 18.0. The van der Waals surface area contributed by atoms with E-state index in [1.54, 1.807) is 0 Å². The van der Waals surface area contributed by atoms with Crippen molar-refractivity contribution in [2.24, 2.45) is 110 Å². The number of rotatable bonds is 5. The van der Waals surface area contributed by atoms with Gasteiger partial charge in [0.05, 0.1) is 18.3 Å². The number of fused-ring (bicyclic) bond motifs is 10. The number of carboxylic acids is 1. The molecular weight excluding hydrogens is 681 g/mol. The van der Waals surface area contributed by atoms with Gasteiger partial charge < -0.3 is 20.4 Å². The van der Waals surface area contributed by atoms with Crippen molar-refractivity contribution < 1.29 is 25.2 Å². The van der Waals surface area contributed by atoms with E-state index in [2.05, 4.69) is 69.2 Å². The van der Waals surface area contributed by atoms with Crippen molar-refractivity contribution in [2.45, 2.75) is 198 Å². The molecule has 0 spiro atoms. The highest BCUT2D eigenvalue weighted by Gasteiger charge is 2.66. The standard InChI is InChI=1S/C25H44.C24H40O5.CH4/c1-15(2)20-8-9-21-23-17(4)13-19-12-16(3)10-11-24(19,6)22(23)14-18(5)25(20,21)7;1-13(4-7-21(28)29)16-5-6-17-22-18(12-20(27)24(16,17)3)23(2)9-8-15(25)10-14(23)11-19(22)26;/h15-23H,8-14H2,1-7H3;13-20,22,25-27H,4-12H2,1-3H3,(H,28,29);1H4/t16-,17-,18+,19+,20-,21+,22+,23+,24+,25-;13-,14+,15-,16-,17+,18+,19-,20+,22+,23+,24-;/m11./s1. The molecule has 0 radical (unpaired) electrons. The predicted molar refractivity (Wildman–Crippen MR) is 225 cm³/mol. The van der Waals surface area contributed by atoms with E-state index in [0.29, 0.717) is 40.9 Å². The quantitative estimate of drug-likeness (QED) is 0.223. The third-order valence-electron chi connectivity index (χ3n) is 21.1. The zero-order valence-electron chi connectivity index (χ0n) is 36.4. The minimum atomic E-state index is -0.748. The molecule has 5 heteroatoms. The minimum absolute atomic E-state index is 0. The molecule has 318 valence electrons. The Balaban J connectivity index is 0.000000185. The molecule has 0 aliphatic heterocycles. The van der Waals surface area contributed by atoms with Gasteiger partial charge in [-0.05, 0) is 200 Å². The number of carboxylic acid groups (broad SMARTS) is 1. The summed E-state index contributed by atoms with van der Waals surface area (Å²) in [6, 6.07) is 0. The first-order valence-electron chi connectivity index (χ1n) is 23.5. The maximum Gasteiger partial charge on any atom is 0.303 e. The summed E-state index contributed by atoms with van der Waals surface area (Å²) in [6.45, 7) is 25.0. The fourth-order valence-corrected chi connectivity index (χ4v) is 18.0. The molecule has 0 unspecified atom stereocenters. The Morgan fingerprint density at radius 3 is 1.87 bits per heavy atom. The summed E-state index contributed by atoms with van der Waals surface area (Å²) >= 11 is 0. The highest BCUT2D eigenvalue weighted by atomic mass is 16.4.